The van der Waals surface area contributed by atoms with E-state index in [-0.39, 0.29) is 77.3 Å². The molecule has 0 saturated carbocycles. The Morgan fingerprint density at radius 3 is 2.14 bits per heavy atom. The number of nitrogens with zero attached hydrogens (tertiary/aromatic N) is 4. The van der Waals surface area contributed by atoms with E-state index in [4.69, 9.17) is 30.1 Å². The van der Waals surface area contributed by atoms with Gasteiger partial charge in [0.2, 0.25) is 0 Å². The van der Waals surface area contributed by atoms with E-state index in [1.54, 1.807) is 6.92 Å². The van der Waals surface area contributed by atoms with Crippen molar-refractivity contribution in [3.8, 4) is 0 Å². The number of carbonyl (C=O) groups is 4. The molecule has 2 aromatic rings. The first-order valence-electron chi connectivity index (χ1n) is 17.4. The van der Waals surface area contributed by atoms with Crippen LogP contribution in [0.3, 0.4) is 0 Å². The minimum atomic E-state index is -1.24. The van der Waals surface area contributed by atoms with Crippen LogP contribution in [-0.4, -0.2) is 60.3 Å². The second-order valence-electron chi connectivity index (χ2n) is 14.0. The number of aromatic nitrogens is 2. The number of carbonyl (C=O) groups excluding carboxylic acids is 4. The molecule has 3 aliphatic heterocycles. The summed E-state index contributed by atoms with van der Waals surface area (Å²) >= 11 is 0. The SMILES string of the molecule is CC[C@H]1/C2=C/c3[n-]c4c(c3C)C(=O)[C@H](C(=O)OC)/C4=C3/[N-]/C(=C\c4[n-]c(c(C(C)=O)c4C)/C=C(\[N-]2)[C@@H]1C)[C@@H](C)[C@@H]3CCC(=O)OCC=C(C)C.[Mg+2]. The van der Waals surface area contributed by atoms with Gasteiger partial charge in [-0.05, 0) is 70.8 Å². The van der Waals surface area contributed by atoms with Crippen molar-refractivity contribution >= 4 is 70.4 Å². The number of hydrogen-bond acceptors (Lipinski definition) is 6. The minimum Gasteiger partial charge on any atom is -0.664 e. The van der Waals surface area contributed by atoms with Crippen molar-refractivity contribution in [3.05, 3.63) is 90.1 Å². The molecule has 4 aliphatic rings. The molecule has 8 bridgehead atoms. The van der Waals surface area contributed by atoms with Crippen molar-refractivity contribution in [2.75, 3.05) is 13.7 Å². The summed E-state index contributed by atoms with van der Waals surface area (Å²) in [4.78, 5) is 63.5. The van der Waals surface area contributed by atoms with Gasteiger partial charge in [0.25, 0.3) is 0 Å². The number of allylic oxidation sites excluding steroid dienone is 5. The molecule has 5 atom stereocenters. The average molecular weight is 701 g/mol. The molecule has 11 heteroatoms. The summed E-state index contributed by atoms with van der Waals surface area (Å²) < 4.78 is 10.7. The summed E-state index contributed by atoms with van der Waals surface area (Å²) in [5.41, 5.74) is 8.84. The number of hydrogen-bond donors (Lipinski definition) is 0. The van der Waals surface area contributed by atoms with Crippen molar-refractivity contribution in [3.63, 3.8) is 0 Å². The van der Waals surface area contributed by atoms with Gasteiger partial charge in [-0.2, -0.15) is 22.8 Å². The third-order valence-corrected chi connectivity index (χ3v) is 10.7. The molecule has 5 heterocycles. The maximum Gasteiger partial charge on any atom is 2.00 e. The number of ether oxygens (including phenoxy) is 2. The van der Waals surface area contributed by atoms with E-state index >= 15 is 0 Å². The van der Waals surface area contributed by atoms with Gasteiger partial charge in [0.15, 0.2) is 11.6 Å². The summed E-state index contributed by atoms with van der Waals surface area (Å²) in [6.07, 6.45) is 8.88. The summed E-state index contributed by atoms with van der Waals surface area (Å²) in [6, 6.07) is 0. The molecule has 6 rings (SSSR count). The molecule has 1 aliphatic carbocycles. The van der Waals surface area contributed by atoms with Gasteiger partial charge in [0.05, 0.1) is 7.11 Å². The Hall–Kier alpha value is -4.09. The number of Topliss-reactive ketones (excluding diaryl/α,β-unsaturated/α-hetero) is 2. The Balaban J connectivity index is 0.00000504. The Morgan fingerprint density at radius 1 is 0.863 bits per heavy atom. The maximum atomic E-state index is 14.2. The van der Waals surface area contributed by atoms with Gasteiger partial charge >= 0.3 is 35.0 Å². The molecule has 2 aromatic heterocycles. The van der Waals surface area contributed by atoms with E-state index in [0.717, 1.165) is 29.0 Å². The fourth-order valence-electron chi connectivity index (χ4n) is 7.81. The molecule has 0 spiro atoms. The van der Waals surface area contributed by atoms with Crippen LogP contribution < -0.4 is 9.97 Å². The number of rotatable bonds is 8. The van der Waals surface area contributed by atoms with E-state index in [9.17, 15) is 19.2 Å². The smallest absolute Gasteiger partial charge is 0.664 e. The third kappa shape index (κ3) is 6.70. The second-order valence-corrected chi connectivity index (χ2v) is 14.0. The first-order valence-corrected chi connectivity index (χ1v) is 17.4. The zero-order chi connectivity index (χ0) is 36.2. The number of ketones is 2. The van der Waals surface area contributed by atoms with E-state index in [0.29, 0.717) is 62.9 Å². The fraction of sp³-hybridized carbons (Fsp3) is 0.450. The third-order valence-electron chi connectivity index (χ3n) is 10.7. The van der Waals surface area contributed by atoms with Gasteiger partial charge in [-0.1, -0.05) is 67.7 Å². The molecule has 2 fully saturated rings. The van der Waals surface area contributed by atoms with E-state index in [2.05, 4.69) is 13.8 Å². The summed E-state index contributed by atoms with van der Waals surface area (Å²) in [7, 11) is 1.27. The first kappa shape index (κ1) is 38.1. The van der Waals surface area contributed by atoms with E-state index < -0.39 is 11.9 Å². The summed E-state index contributed by atoms with van der Waals surface area (Å²) in [6.45, 7) is 15.6. The zero-order valence-corrected chi connectivity index (χ0v) is 32.4. The Bertz CT molecular complexity index is 1970. The van der Waals surface area contributed by atoms with Crippen molar-refractivity contribution in [1.29, 1.82) is 0 Å². The molecule has 264 valence electrons. The Labute approximate surface area is 315 Å². The number of methoxy groups -OCH3 is 1. The van der Waals surface area contributed by atoms with E-state index in [1.807, 2.05) is 58.9 Å². The van der Waals surface area contributed by atoms with E-state index in [1.165, 1.54) is 7.11 Å². The molecule has 10 nitrogen and oxygen atoms in total. The van der Waals surface area contributed by atoms with Crippen molar-refractivity contribution in [2.24, 2.45) is 29.6 Å². The summed E-state index contributed by atoms with van der Waals surface area (Å²) in [5, 5.41) is 10.2. The predicted molar refractivity (Wildman–Crippen MR) is 197 cm³/mol. The first-order chi connectivity index (χ1) is 23.8. The van der Waals surface area contributed by atoms with Crippen LogP contribution in [0, 0.1) is 43.4 Å². The van der Waals surface area contributed by atoms with Crippen LogP contribution in [0.1, 0.15) is 115 Å². The van der Waals surface area contributed by atoms with Crippen molar-refractivity contribution < 1.29 is 28.7 Å². The molecule has 0 N–H and O–H groups in total. The predicted octanol–water partition coefficient (Wildman–Crippen LogP) is 7.45. The normalized spacial score (nSPS) is 27.5. The molecule has 0 unspecified atom stereocenters. The number of esters is 2. The van der Waals surface area contributed by atoms with Gasteiger partial charge in [0.1, 0.15) is 12.5 Å². The summed E-state index contributed by atoms with van der Waals surface area (Å²) in [5.74, 6) is -3.18. The Kier molecular flexibility index (Phi) is 11.1. The van der Waals surface area contributed by atoms with Crippen LogP contribution >= 0.6 is 0 Å². The van der Waals surface area contributed by atoms with Gasteiger partial charge in [-0.15, -0.1) is 22.8 Å². The molecular weight excluding hydrogens is 657 g/mol. The van der Waals surface area contributed by atoms with Gasteiger partial charge < -0.3 is 30.1 Å². The minimum absolute atomic E-state index is 0. The maximum absolute atomic E-state index is 14.2. The van der Waals surface area contributed by atoms with Gasteiger partial charge in [-0.25, -0.2) is 0 Å². The van der Waals surface area contributed by atoms with Gasteiger partial charge in [-0.3, -0.25) is 19.2 Å². The van der Waals surface area contributed by atoms with Crippen molar-refractivity contribution in [2.45, 2.75) is 74.7 Å². The average Bonchev–Trinajstić information content (AvgIpc) is 3.80. The monoisotopic (exact) mass is 700 g/mol. The second kappa shape index (κ2) is 14.9. The van der Waals surface area contributed by atoms with Crippen LogP contribution in [0.15, 0.2) is 34.4 Å². The molecule has 0 amide bonds. The Morgan fingerprint density at radius 2 is 1.49 bits per heavy atom. The zero-order valence-electron chi connectivity index (χ0n) is 31.0. The molecule has 2 saturated heterocycles. The molecule has 51 heavy (non-hydrogen) atoms. The largest absolute Gasteiger partial charge is 2.00 e. The molecule has 0 radical (unpaired) electrons. The quantitative estimate of drug-likeness (QED) is 0.0908. The van der Waals surface area contributed by atoms with Crippen LogP contribution in [0.5, 0.6) is 0 Å². The van der Waals surface area contributed by atoms with Crippen LogP contribution in [0.25, 0.3) is 34.4 Å². The molecule has 0 aromatic carbocycles. The van der Waals surface area contributed by atoms with Crippen LogP contribution in [-0.2, 0) is 19.1 Å². The van der Waals surface area contributed by atoms with Crippen LogP contribution in [0.4, 0.5) is 0 Å². The van der Waals surface area contributed by atoms with Gasteiger partial charge in [0, 0.05) is 17.5 Å². The molecular formula is C40H44MgN4O6-2. The van der Waals surface area contributed by atoms with Crippen molar-refractivity contribution in [1.82, 2.24) is 9.97 Å². The number of fused-ring (bicyclic) bond motifs is 7. The van der Waals surface area contributed by atoms with Crippen LogP contribution in [0.2, 0.25) is 0 Å². The standard InChI is InChI=1S/C40H46N4O6.Mg/c1-10-24-19(4)26-17-31-33(23(8)45)21(6)28(42-31)15-27-20(5)25(11-12-32(46)50-14-13-18(2)3)37(43-27)35-36(40(48)49-9)39(47)34-22(7)29(44-38(34)35)16-30(24)41-26;/h13,15-17,19-20,24-25,36H,10-12,14H2,1-9H3,(H2-2,41,42,43,44,45,47);/q-2;+2/p-2/b27-15-,30-16-;/t19-,20+,24-,25+,36-;/m1./s1. The fourth-order valence-corrected chi connectivity index (χ4v) is 7.81. The topological polar surface area (TPSA) is 143 Å².